The van der Waals surface area contributed by atoms with Crippen LogP contribution in [0.5, 0.6) is 0 Å². The van der Waals surface area contributed by atoms with Crippen molar-refractivity contribution in [3.8, 4) is 0 Å². The van der Waals surface area contributed by atoms with Crippen molar-refractivity contribution in [3.05, 3.63) is 29.3 Å². The minimum absolute atomic E-state index is 0.230. The Bertz CT molecular complexity index is 309. The molecule has 2 heteroatoms. The van der Waals surface area contributed by atoms with E-state index in [4.69, 9.17) is 5.11 Å². The smallest absolute Gasteiger partial charge is 0.0471 e. The number of fused-ring (bicyclic) bond motifs is 1. The van der Waals surface area contributed by atoms with Crippen LogP contribution < -0.4 is 5.32 Å². The van der Waals surface area contributed by atoms with Crippen molar-refractivity contribution in [2.75, 3.05) is 11.9 Å². The standard InChI is InChI=1S/C11H15NO/c1-8-6-10-3-2-9(4-5-13)7-11(10)12-8/h2-3,7-8,12-13H,4-6H2,1H3. The van der Waals surface area contributed by atoms with Gasteiger partial charge in [-0.25, -0.2) is 0 Å². The normalized spacial score (nSPS) is 19.7. The zero-order valence-corrected chi connectivity index (χ0v) is 7.88. The molecule has 0 spiro atoms. The highest BCUT2D eigenvalue weighted by Crippen LogP contribution is 2.26. The summed E-state index contributed by atoms with van der Waals surface area (Å²) in [5, 5.41) is 12.2. The van der Waals surface area contributed by atoms with E-state index in [1.807, 2.05) is 0 Å². The van der Waals surface area contributed by atoms with Crippen LogP contribution in [0.15, 0.2) is 18.2 Å². The Hall–Kier alpha value is -1.02. The van der Waals surface area contributed by atoms with E-state index in [1.165, 1.54) is 16.8 Å². The summed E-state index contributed by atoms with van der Waals surface area (Å²) in [6, 6.07) is 6.97. The molecule has 1 aliphatic heterocycles. The molecule has 0 amide bonds. The van der Waals surface area contributed by atoms with Crippen molar-refractivity contribution >= 4 is 5.69 Å². The van der Waals surface area contributed by atoms with Crippen LogP contribution in [0, 0.1) is 0 Å². The molecular weight excluding hydrogens is 162 g/mol. The molecule has 1 heterocycles. The second-order valence-electron chi connectivity index (χ2n) is 3.71. The Balaban J connectivity index is 2.24. The molecule has 1 aliphatic rings. The molecule has 1 unspecified atom stereocenters. The molecule has 0 saturated heterocycles. The van der Waals surface area contributed by atoms with Crippen molar-refractivity contribution in [2.24, 2.45) is 0 Å². The number of anilines is 1. The number of aliphatic hydroxyl groups is 1. The third-order valence-electron chi connectivity index (χ3n) is 2.50. The molecule has 2 nitrogen and oxygen atoms in total. The quantitative estimate of drug-likeness (QED) is 0.718. The van der Waals surface area contributed by atoms with E-state index < -0.39 is 0 Å². The first-order valence-corrected chi connectivity index (χ1v) is 4.79. The van der Waals surface area contributed by atoms with Crippen LogP contribution in [0.25, 0.3) is 0 Å². The fourth-order valence-electron chi connectivity index (χ4n) is 1.87. The van der Waals surface area contributed by atoms with Crippen molar-refractivity contribution in [1.82, 2.24) is 0 Å². The number of hydrogen-bond acceptors (Lipinski definition) is 2. The topological polar surface area (TPSA) is 32.3 Å². The van der Waals surface area contributed by atoms with Crippen LogP contribution in [0.2, 0.25) is 0 Å². The van der Waals surface area contributed by atoms with E-state index in [2.05, 4.69) is 30.4 Å². The van der Waals surface area contributed by atoms with Gasteiger partial charge in [0.1, 0.15) is 0 Å². The summed E-state index contributed by atoms with van der Waals surface area (Å²) in [6.07, 6.45) is 1.87. The second-order valence-corrected chi connectivity index (χ2v) is 3.71. The van der Waals surface area contributed by atoms with E-state index in [-0.39, 0.29) is 6.61 Å². The summed E-state index contributed by atoms with van der Waals surface area (Å²) < 4.78 is 0. The van der Waals surface area contributed by atoms with Gasteiger partial charge in [0, 0.05) is 18.3 Å². The first-order valence-electron chi connectivity index (χ1n) is 4.79. The Kier molecular flexibility index (Phi) is 2.23. The molecule has 1 atom stereocenters. The molecule has 0 aromatic heterocycles. The minimum atomic E-state index is 0.230. The van der Waals surface area contributed by atoms with Crippen molar-refractivity contribution in [1.29, 1.82) is 0 Å². The Morgan fingerprint density at radius 3 is 3.15 bits per heavy atom. The predicted octanol–water partition coefficient (Wildman–Crippen LogP) is 1.58. The molecular formula is C11H15NO. The summed E-state index contributed by atoms with van der Waals surface area (Å²) in [5.41, 5.74) is 3.86. The Morgan fingerprint density at radius 2 is 2.38 bits per heavy atom. The first kappa shape index (κ1) is 8.57. The van der Waals surface area contributed by atoms with Gasteiger partial charge in [0.25, 0.3) is 0 Å². The summed E-state index contributed by atoms with van der Waals surface area (Å²) in [6.45, 7) is 2.42. The maximum atomic E-state index is 8.80. The van der Waals surface area contributed by atoms with E-state index in [9.17, 15) is 0 Å². The number of aliphatic hydroxyl groups excluding tert-OH is 1. The van der Waals surface area contributed by atoms with E-state index in [1.54, 1.807) is 0 Å². The fourth-order valence-corrected chi connectivity index (χ4v) is 1.87. The lowest BCUT2D eigenvalue weighted by Crippen LogP contribution is -2.08. The number of benzene rings is 1. The SMILES string of the molecule is CC1Cc2ccc(CCO)cc2N1. The number of nitrogens with one attached hydrogen (secondary N) is 1. The number of hydrogen-bond donors (Lipinski definition) is 2. The summed E-state index contributed by atoms with van der Waals surface area (Å²) in [4.78, 5) is 0. The van der Waals surface area contributed by atoms with Crippen LogP contribution in [0.3, 0.4) is 0 Å². The molecule has 0 saturated carbocycles. The molecule has 1 aromatic rings. The van der Waals surface area contributed by atoms with Crippen LogP contribution in [0.1, 0.15) is 18.1 Å². The molecule has 0 aliphatic carbocycles. The van der Waals surface area contributed by atoms with Gasteiger partial charge in [-0.05, 0) is 37.0 Å². The van der Waals surface area contributed by atoms with Crippen molar-refractivity contribution in [3.63, 3.8) is 0 Å². The van der Waals surface area contributed by atoms with Crippen LogP contribution in [-0.4, -0.2) is 17.8 Å². The molecule has 0 bridgehead atoms. The van der Waals surface area contributed by atoms with Crippen molar-refractivity contribution < 1.29 is 5.11 Å². The number of rotatable bonds is 2. The Morgan fingerprint density at radius 1 is 1.54 bits per heavy atom. The van der Waals surface area contributed by atoms with E-state index in [0.717, 1.165) is 12.8 Å². The maximum Gasteiger partial charge on any atom is 0.0471 e. The average molecular weight is 177 g/mol. The van der Waals surface area contributed by atoms with Gasteiger partial charge in [-0.3, -0.25) is 0 Å². The van der Waals surface area contributed by atoms with Gasteiger partial charge in [-0.1, -0.05) is 12.1 Å². The summed E-state index contributed by atoms with van der Waals surface area (Å²) >= 11 is 0. The zero-order chi connectivity index (χ0) is 9.26. The predicted molar refractivity (Wildman–Crippen MR) is 54.0 cm³/mol. The van der Waals surface area contributed by atoms with Crippen LogP contribution >= 0.6 is 0 Å². The lowest BCUT2D eigenvalue weighted by atomic mass is 10.1. The maximum absolute atomic E-state index is 8.80. The van der Waals surface area contributed by atoms with E-state index in [0.29, 0.717) is 6.04 Å². The van der Waals surface area contributed by atoms with Crippen LogP contribution in [0.4, 0.5) is 5.69 Å². The molecule has 1 aromatic carbocycles. The lowest BCUT2D eigenvalue weighted by molar-refractivity contribution is 0.299. The first-order chi connectivity index (χ1) is 6.29. The van der Waals surface area contributed by atoms with Gasteiger partial charge in [0.2, 0.25) is 0 Å². The summed E-state index contributed by atoms with van der Waals surface area (Å²) in [7, 11) is 0. The molecule has 2 N–H and O–H groups in total. The van der Waals surface area contributed by atoms with Gasteiger partial charge >= 0.3 is 0 Å². The highest BCUT2D eigenvalue weighted by atomic mass is 16.2. The molecule has 0 radical (unpaired) electrons. The molecule has 0 fully saturated rings. The highest BCUT2D eigenvalue weighted by Gasteiger charge is 2.15. The van der Waals surface area contributed by atoms with Gasteiger partial charge in [0.05, 0.1) is 0 Å². The van der Waals surface area contributed by atoms with Gasteiger partial charge in [0.15, 0.2) is 0 Å². The van der Waals surface area contributed by atoms with E-state index >= 15 is 0 Å². The fraction of sp³-hybridized carbons (Fsp3) is 0.455. The van der Waals surface area contributed by atoms with Gasteiger partial charge < -0.3 is 10.4 Å². The Labute approximate surface area is 78.6 Å². The molecule has 2 rings (SSSR count). The van der Waals surface area contributed by atoms with Gasteiger partial charge in [-0.15, -0.1) is 0 Å². The third kappa shape index (κ3) is 1.68. The van der Waals surface area contributed by atoms with Gasteiger partial charge in [-0.2, -0.15) is 0 Å². The molecule has 13 heavy (non-hydrogen) atoms. The lowest BCUT2D eigenvalue weighted by Gasteiger charge is -2.04. The average Bonchev–Trinajstić information content (AvgIpc) is 2.44. The highest BCUT2D eigenvalue weighted by molar-refractivity contribution is 5.58. The molecule has 70 valence electrons. The third-order valence-corrected chi connectivity index (χ3v) is 2.50. The minimum Gasteiger partial charge on any atom is -0.396 e. The second kappa shape index (κ2) is 3.38. The van der Waals surface area contributed by atoms with Crippen molar-refractivity contribution in [2.45, 2.75) is 25.8 Å². The van der Waals surface area contributed by atoms with Crippen LogP contribution in [-0.2, 0) is 12.8 Å². The zero-order valence-electron chi connectivity index (χ0n) is 7.88. The largest absolute Gasteiger partial charge is 0.396 e. The summed E-state index contributed by atoms with van der Waals surface area (Å²) in [5.74, 6) is 0. The monoisotopic (exact) mass is 177 g/mol.